The molecule has 1 amide bonds. The molecular formula is C69H105NO. The van der Waals surface area contributed by atoms with Crippen LogP contribution in [0.1, 0.15) is 247 Å². The van der Waals surface area contributed by atoms with Crippen molar-refractivity contribution >= 4 is 11.6 Å². The first-order valence-corrected chi connectivity index (χ1v) is 29.1. The Hall–Kier alpha value is -3.65. The number of rotatable bonds is 2. The molecule has 4 aromatic rings. The van der Waals surface area contributed by atoms with E-state index in [-0.39, 0.29) is 16.9 Å². The molecule has 5 aliphatic rings. The van der Waals surface area contributed by atoms with Crippen LogP contribution in [0.25, 0.3) is 11.1 Å². The average Bonchev–Trinajstić information content (AvgIpc) is 3.67. The summed E-state index contributed by atoms with van der Waals surface area (Å²) in [6.07, 6.45) is 24.9. The third-order valence-corrected chi connectivity index (χ3v) is 18.2. The summed E-state index contributed by atoms with van der Waals surface area (Å²) in [6, 6.07) is 35.1. The third-order valence-electron chi connectivity index (χ3n) is 18.2. The fraction of sp³-hybridized carbons (Fsp3) is 0.638. The van der Waals surface area contributed by atoms with Crippen molar-refractivity contribution in [2.75, 3.05) is 4.90 Å². The van der Waals surface area contributed by atoms with Gasteiger partial charge in [0, 0.05) is 16.7 Å². The Morgan fingerprint density at radius 3 is 1.39 bits per heavy atom. The van der Waals surface area contributed by atoms with E-state index in [1.807, 2.05) is 59.5 Å². The van der Waals surface area contributed by atoms with Gasteiger partial charge in [-0.15, -0.1) is 0 Å². The van der Waals surface area contributed by atoms with Crippen molar-refractivity contribution in [3.63, 3.8) is 0 Å². The van der Waals surface area contributed by atoms with Crippen molar-refractivity contribution in [2.45, 2.75) is 231 Å². The Kier molecular flexibility index (Phi) is 20.9. The van der Waals surface area contributed by atoms with E-state index in [9.17, 15) is 4.79 Å². The number of hydrogen-bond donors (Lipinski definition) is 0. The second-order valence-electron chi connectivity index (χ2n) is 27.3. The van der Waals surface area contributed by atoms with Crippen LogP contribution in [0.15, 0.2) is 103 Å². The molecule has 1 heterocycles. The monoisotopic (exact) mass is 964 g/mol. The summed E-state index contributed by atoms with van der Waals surface area (Å²) in [5, 5.41) is 0. The Balaban J connectivity index is 0.000000167. The van der Waals surface area contributed by atoms with Crippen LogP contribution < -0.4 is 4.90 Å². The van der Waals surface area contributed by atoms with E-state index >= 15 is 0 Å². The zero-order chi connectivity index (χ0) is 52.2. The first kappa shape index (κ1) is 58.2. The molecule has 4 aliphatic carbocycles. The van der Waals surface area contributed by atoms with Gasteiger partial charge in [-0.05, 0) is 157 Å². The standard InChI is InChI=1S/C16H15NO.C15H14.C14H28.2C12H24/c1-16(2)14-11-7-6-10-13(14)15(18)17(16)12-8-4-3-5-9-12;1-15(2)13-9-5-3-7-11(13)12-8-4-6-10-14(12)15;1-14(2)12-10-8-6-4-3-5-7-9-11-13-14;1-9-6-7-11(8-10(9)2)12(3,4)5;1-9(2)11-6-7-12(4,5)8-10(11)3/h3-11H,1-2H3;3-10H,1-2H3;3-13H2,1-2H3;2*9-11H,6-8H2,1-5H3/t;;;9?,10-,11?;10-,11?/m...01/s1. The molecule has 3 unspecified atom stereocenters. The lowest BCUT2D eigenvalue weighted by atomic mass is 9.65. The molecule has 2 heteroatoms. The summed E-state index contributed by atoms with van der Waals surface area (Å²) >= 11 is 0. The molecule has 0 radical (unpaired) electrons. The lowest BCUT2D eigenvalue weighted by Gasteiger charge is -2.41. The number of anilines is 1. The second kappa shape index (κ2) is 25.5. The number of amides is 1. The van der Waals surface area contributed by atoms with Crippen molar-refractivity contribution in [1.82, 2.24) is 0 Å². The molecule has 5 atom stereocenters. The maximum atomic E-state index is 12.5. The first-order chi connectivity index (χ1) is 33.4. The van der Waals surface area contributed by atoms with Crippen LogP contribution in [-0.2, 0) is 11.0 Å². The lowest BCUT2D eigenvalue weighted by Crippen LogP contribution is -2.39. The van der Waals surface area contributed by atoms with Gasteiger partial charge >= 0.3 is 0 Å². The minimum absolute atomic E-state index is 0.0850. The molecule has 0 spiro atoms. The minimum Gasteiger partial charge on any atom is -0.299 e. The molecule has 392 valence electrons. The van der Waals surface area contributed by atoms with Crippen LogP contribution in [0.2, 0.25) is 0 Å². The molecule has 3 saturated carbocycles. The van der Waals surface area contributed by atoms with Gasteiger partial charge in [0.1, 0.15) is 0 Å². The smallest absolute Gasteiger partial charge is 0.259 e. The van der Waals surface area contributed by atoms with E-state index in [0.717, 1.165) is 52.3 Å². The number of fused-ring (bicyclic) bond motifs is 4. The van der Waals surface area contributed by atoms with Crippen LogP contribution in [0.4, 0.5) is 5.69 Å². The molecule has 1 aliphatic heterocycles. The molecule has 9 rings (SSSR count). The fourth-order valence-electron chi connectivity index (χ4n) is 13.2. The van der Waals surface area contributed by atoms with Crippen molar-refractivity contribution < 1.29 is 4.79 Å². The second-order valence-corrected chi connectivity index (χ2v) is 27.3. The summed E-state index contributed by atoms with van der Waals surface area (Å²) in [6.45, 7) is 37.7. The Morgan fingerprint density at radius 2 is 0.944 bits per heavy atom. The van der Waals surface area contributed by atoms with Crippen LogP contribution >= 0.6 is 0 Å². The summed E-state index contributed by atoms with van der Waals surface area (Å²) in [4.78, 5) is 14.4. The Morgan fingerprint density at radius 1 is 0.493 bits per heavy atom. The third kappa shape index (κ3) is 15.9. The van der Waals surface area contributed by atoms with Gasteiger partial charge in [-0.3, -0.25) is 9.69 Å². The summed E-state index contributed by atoms with van der Waals surface area (Å²) in [5.74, 6) is 5.76. The fourth-order valence-corrected chi connectivity index (χ4v) is 13.2. The average molecular weight is 965 g/mol. The number of carbonyl (C=O) groups is 1. The lowest BCUT2D eigenvalue weighted by molar-refractivity contribution is 0.0981. The quantitative estimate of drug-likeness (QED) is 0.196. The SMILES string of the molecule is CC(C)C1CCC(C)(C)C[C@H]1C.CC1(C)CCCCCCCCCCC1.CC1(C)c2ccccc2-c2ccccc21.CC1(C)c2ccccc2C(=O)N1c1ccccc1.CC1CCC(C(C)(C)C)C[C@@H]1C. The van der Waals surface area contributed by atoms with Gasteiger partial charge in [-0.1, -0.05) is 246 Å². The van der Waals surface area contributed by atoms with E-state index in [2.05, 4.69) is 159 Å². The van der Waals surface area contributed by atoms with Crippen molar-refractivity contribution in [3.05, 3.63) is 125 Å². The van der Waals surface area contributed by atoms with E-state index in [1.165, 1.54) is 131 Å². The summed E-state index contributed by atoms with van der Waals surface area (Å²) in [7, 11) is 0. The number of carbonyl (C=O) groups excluding carboxylic acids is 1. The topological polar surface area (TPSA) is 20.3 Å². The molecule has 0 aromatic heterocycles. The van der Waals surface area contributed by atoms with Gasteiger partial charge in [0.25, 0.3) is 5.91 Å². The number of para-hydroxylation sites is 1. The summed E-state index contributed by atoms with van der Waals surface area (Å²) < 4.78 is 0. The zero-order valence-electron chi connectivity index (χ0n) is 48.7. The van der Waals surface area contributed by atoms with E-state index in [1.54, 1.807) is 0 Å². The largest absolute Gasteiger partial charge is 0.299 e. The molecule has 0 bridgehead atoms. The predicted octanol–water partition coefficient (Wildman–Crippen LogP) is 21.1. The number of nitrogens with zero attached hydrogens (tertiary/aromatic N) is 1. The highest BCUT2D eigenvalue weighted by atomic mass is 16.2. The number of hydrogen-bond acceptors (Lipinski definition) is 1. The van der Waals surface area contributed by atoms with Gasteiger partial charge in [0.15, 0.2) is 0 Å². The van der Waals surface area contributed by atoms with E-state index in [0.29, 0.717) is 16.2 Å². The summed E-state index contributed by atoms with van der Waals surface area (Å²) in [5.41, 5.74) is 10.2. The first-order valence-electron chi connectivity index (χ1n) is 29.1. The maximum Gasteiger partial charge on any atom is 0.259 e. The normalized spacial score (nSPS) is 25.2. The van der Waals surface area contributed by atoms with Crippen LogP contribution in [-0.4, -0.2) is 5.91 Å². The number of benzene rings is 4. The molecule has 4 aromatic carbocycles. The van der Waals surface area contributed by atoms with Gasteiger partial charge in [0.05, 0.1) is 5.54 Å². The van der Waals surface area contributed by atoms with Crippen molar-refractivity contribution in [3.8, 4) is 11.1 Å². The van der Waals surface area contributed by atoms with Gasteiger partial charge < -0.3 is 0 Å². The Bertz CT molecular complexity index is 2150. The van der Waals surface area contributed by atoms with Gasteiger partial charge in [-0.2, -0.15) is 0 Å². The molecule has 0 N–H and O–H groups in total. The van der Waals surface area contributed by atoms with Crippen molar-refractivity contribution in [2.24, 2.45) is 51.8 Å². The highest BCUT2D eigenvalue weighted by Crippen LogP contribution is 2.49. The minimum atomic E-state index is -0.297. The highest BCUT2D eigenvalue weighted by Gasteiger charge is 2.43. The van der Waals surface area contributed by atoms with Gasteiger partial charge in [0.2, 0.25) is 0 Å². The molecule has 71 heavy (non-hydrogen) atoms. The molecule has 0 saturated heterocycles. The highest BCUT2D eigenvalue weighted by molar-refractivity contribution is 6.11. The molecular weight excluding hydrogens is 859 g/mol. The van der Waals surface area contributed by atoms with Gasteiger partial charge in [-0.25, -0.2) is 0 Å². The molecule has 2 nitrogen and oxygen atoms in total. The van der Waals surface area contributed by atoms with Crippen molar-refractivity contribution in [1.29, 1.82) is 0 Å². The van der Waals surface area contributed by atoms with Crippen LogP contribution in [0.5, 0.6) is 0 Å². The van der Waals surface area contributed by atoms with Crippen LogP contribution in [0, 0.1) is 51.8 Å². The Labute approximate surface area is 438 Å². The van der Waals surface area contributed by atoms with E-state index < -0.39 is 0 Å². The molecule has 3 fully saturated rings. The van der Waals surface area contributed by atoms with E-state index in [4.69, 9.17) is 0 Å². The van der Waals surface area contributed by atoms with Crippen LogP contribution in [0.3, 0.4) is 0 Å². The predicted molar refractivity (Wildman–Crippen MR) is 312 cm³/mol. The zero-order valence-corrected chi connectivity index (χ0v) is 48.7. The maximum absolute atomic E-state index is 12.5.